The molecule has 0 spiro atoms. The van der Waals surface area contributed by atoms with E-state index in [9.17, 15) is 4.39 Å². The highest BCUT2D eigenvalue weighted by Crippen LogP contribution is 2.29. The molecule has 0 aliphatic heterocycles. The van der Waals surface area contributed by atoms with Gasteiger partial charge in [-0.1, -0.05) is 41.9 Å². The van der Waals surface area contributed by atoms with Crippen LogP contribution in [0.25, 0.3) is 10.8 Å². The third-order valence-corrected chi connectivity index (χ3v) is 3.26. The smallest absolute Gasteiger partial charge is 0.127 e. The summed E-state index contributed by atoms with van der Waals surface area (Å²) in [6, 6.07) is 9.44. The van der Waals surface area contributed by atoms with Gasteiger partial charge in [0.15, 0.2) is 0 Å². The van der Waals surface area contributed by atoms with E-state index in [0.29, 0.717) is 0 Å². The lowest BCUT2D eigenvalue weighted by Crippen LogP contribution is -1.93. The molecule has 0 atom stereocenters. The molecule has 15 heavy (non-hydrogen) atoms. The van der Waals surface area contributed by atoms with Crippen LogP contribution in [0, 0.1) is 5.82 Å². The minimum atomic E-state index is -0.121. The number of halogens is 2. The van der Waals surface area contributed by atoms with E-state index in [4.69, 9.17) is 0 Å². The van der Waals surface area contributed by atoms with Gasteiger partial charge in [-0.3, -0.25) is 0 Å². The minimum Gasteiger partial charge on any atom is -0.207 e. The summed E-state index contributed by atoms with van der Waals surface area (Å²) in [5.41, 5.74) is 0.778. The molecule has 0 heterocycles. The Morgan fingerprint density at radius 3 is 2.60 bits per heavy atom. The van der Waals surface area contributed by atoms with E-state index >= 15 is 0 Å². The van der Waals surface area contributed by atoms with Crippen LogP contribution in [-0.2, 0) is 0 Å². The number of hydrogen-bond donors (Lipinski definition) is 0. The first-order chi connectivity index (χ1) is 7.09. The second kappa shape index (κ2) is 3.93. The van der Waals surface area contributed by atoms with E-state index in [0.717, 1.165) is 20.8 Å². The maximum Gasteiger partial charge on any atom is 0.127 e. The molecule has 0 amide bonds. The Hall–Kier alpha value is -0.890. The predicted molar refractivity (Wildman–Crippen MR) is 65.7 cm³/mol. The van der Waals surface area contributed by atoms with Gasteiger partial charge in [0.25, 0.3) is 0 Å². The number of hydrogen-bond acceptors (Lipinski definition) is 0. The van der Waals surface area contributed by atoms with Gasteiger partial charge in [0.1, 0.15) is 5.82 Å². The Labute approximate surface area is 97.2 Å². The fourth-order valence-electron chi connectivity index (χ4n) is 1.72. The first-order valence-corrected chi connectivity index (χ1v) is 5.76. The average Bonchev–Trinajstić information content (AvgIpc) is 2.18. The van der Waals surface area contributed by atoms with Gasteiger partial charge in [0.05, 0.1) is 0 Å². The zero-order valence-corrected chi connectivity index (χ0v) is 10.3. The summed E-state index contributed by atoms with van der Waals surface area (Å²) in [4.78, 5) is 0. The summed E-state index contributed by atoms with van der Waals surface area (Å²) in [6.07, 6.45) is 0. The summed E-state index contributed by atoms with van der Waals surface area (Å²) in [7, 11) is 0. The van der Waals surface area contributed by atoms with Crippen molar-refractivity contribution in [3.63, 3.8) is 0 Å². The zero-order valence-electron chi connectivity index (χ0n) is 8.72. The Balaban J connectivity index is 2.76. The SMILES string of the molecule is CC(C)c1cc2cccc(Br)c2cc1F. The third-order valence-electron chi connectivity index (χ3n) is 2.57. The lowest BCUT2D eigenvalue weighted by atomic mass is 9.99. The third kappa shape index (κ3) is 1.91. The van der Waals surface area contributed by atoms with Crippen molar-refractivity contribution in [1.29, 1.82) is 0 Å². The van der Waals surface area contributed by atoms with Gasteiger partial charge in [-0.2, -0.15) is 0 Å². The van der Waals surface area contributed by atoms with Crippen molar-refractivity contribution in [2.24, 2.45) is 0 Å². The van der Waals surface area contributed by atoms with Crippen LogP contribution >= 0.6 is 15.9 Å². The van der Waals surface area contributed by atoms with Crippen molar-refractivity contribution in [3.8, 4) is 0 Å². The second-order valence-electron chi connectivity index (χ2n) is 3.99. The minimum absolute atomic E-state index is 0.121. The highest BCUT2D eigenvalue weighted by molar-refractivity contribution is 9.10. The molecule has 0 fully saturated rings. The van der Waals surface area contributed by atoms with Gasteiger partial charge in [-0.25, -0.2) is 4.39 Å². The van der Waals surface area contributed by atoms with Crippen LogP contribution < -0.4 is 0 Å². The molecular weight excluding hydrogens is 255 g/mol. The highest BCUT2D eigenvalue weighted by atomic mass is 79.9. The second-order valence-corrected chi connectivity index (χ2v) is 4.84. The quantitative estimate of drug-likeness (QED) is 0.691. The van der Waals surface area contributed by atoms with Gasteiger partial charge in [-0.15, -0.1) is 0 Å². The Bertz CT molecular complexity index is 503. The molecule has 0 aliphatic carbocycles. The maximum absolute atomic E-state index is 13.7. The van der Waals surface area contributed by atoms with Gasteiger partial charge in [0, 0.05) is 4.47 Å². The molecule has 0 nitrogen and oxygen atoms in total. The number of fused-ring (bicyclic) bond motifs is 1. The average molecular weight is 267 g/mol. The monoisotopic (exact) mass is 266 g/mol. The van der Waals surface area contributed by atoms with E-state index in [1.54, 1.807) is 6.07 Å². The molecule has 0 bridgehead atoms. The normalized spacial score (nSPS) is 11.3. The summed E-state index contributed by atoms with van der Waals surface area (Å²) < 4.78 is 14.7. The standard InChI is InChI=1S/C13H12BrF/c1-8(2)10-6-9-4-3-5-12(14)11(9)7-13(10)15/h3-8H,1-2H3. The molecule has 2 aromatic rings. The Morgan fingerprint density at radius 1 is 1.20 bits per heavy atom. The summed E-state index contributed by atoms with van der Waals surface area (Å²) >= 11 is 3.43. The highest BCUT2D eigenvalue weighted by Gasteiger charge is 2.09. The van der Waals surface area contributed by atoms with Gasteiger partial charge >= 0.3 is 0 Å². The molecule has 0 saturated heterocycles. The molecule has 0 radical (unpaired) electrons. The van der Waals surface area contributed by atoms with Gasteiger partial charge in [-0.05, 0) is 40.5 Å². The van der Waals surface area contributed by atoms with Crippen molar-refractivity contribution in [2.75, 3.05) is 0 Å². The van der Waals surface area contributed by atoms with Crippen LogP contribution in [0.15, 0.2) is 34.8 Å². The van der Waals surface area contributed by atoms with Crippen molar-refractivity contribution in [2.45, 2.75) is 19.8 Å². The van der Waals surface area contributed by atoms with Crippen LogP contribution in [0.1, 0.15) is 25.3 Å². The molecule has 0 unspecified atom stereocenters. The van der Waals surface area contributed by atoms with Crippen LogP contribution in [0.3, 0.4) is 0 Å². The van der Waals surface area contributed by atoms with Crippen molar-refractivity contribution < 1.29 is 4.39 Å². The molecule has 2 rings (SSSR count). The molecule has 0 aliphatic rings. The lowest BCUT2D eigenvalue weighted by Gasteiger charge is -2.09. The molecule has 78 valence electrons. The van der Waals surface area contributed by atoms with E-state index in [1.165, 1.54) is 0 Å². The number of benzene rings is 2. The van der Waals surface area contributed by atoms with Crippen LogP contribution in [0.5, 0.6) is 0 Å². The van der Waals surface area contributed by atoms with E-state index < -0.39 is 0 Å². The molecule has 0 saturated carbocycles. The molecular formula is C13H12BrF. The molecule has 0 aromatic heterocycles. The Kier molecular flexibility index (Phi) is 2.79. The van der Waals surface area contributed by atoms with Crippen LogP contribution in [0.4, 0.5) is 4.39 Å². The van der Waals surface area contributed by atoms with Crippen LogP contribution in [0.2, 0.25) is 0 Å². The summed E-state index contributed by atoms with van der Waals surface area (Å²) in [6.45, 7) is 4.00. The maximum atomic E-state index is 13.7. The zero-order chi connectivity index (χ0) is 11.0. The fourth-order valence-corrected chi connectivity index (χ4v) is 2.22. The molecule has 2 aromatic carbocycles. The summed E-state index contributed by atoms with van der Waals surface area (Å²) in [5.74, 6) is 0.0952. The van der Waals surface area contributed by atoms with Gasteiger partial charge < -0.3 is 0 Å². The molecule has 0 N–H and O–H groups in total. The van der Waals surface area contributed by atoms with Crippen molar-refractivity contribution in [3.05, 3.63) is 46.2 Å². The lowest BCUT2D eigenvalue weighted by molar-refractivity contribution is 0.600. The first kappa shape index (κ1) is 10.6. The van der Waals surface area contributed by atoms with E-state index in [-0.39, 0.29) is 11.7 Å². The summed E-state index contributed by atoms with van der Waals surface area (Å²) in [5, 5.41) is 2.01. The Morgan fingerprint density at radius 2 is 1.93 bits per heavy atom. The van der Waals surface area contributed by atoms with Crippen molar-refractivity contribution in [1.82, 2.24) is 0 Å². The van der Waals surface area contributed by atoms with E-state index in [2.05, 4.69) is 15.9 Å². The fraction of sp³-hybridized carbons (Fsp3) is 0.231. The van der Waals surface area contributed by atoms with E-state index in [1.807, 2.05) is 38.1 Å². The number of rotatable bonds is 1. The van der Waals surface area contributed by atoms with Crippen LogP contribution in [-0.4, -0.2) is 0 Å². The van der Waals surface area contributed by atoms with Crippen molar-refractivity contribution >= 4 is 26.7 Å². The predicted octanol–water partition coefficient (Wildman–Crippen LogP) is 4.86. The largest absolute Gasteiger partial charge is 0.207 e. The van der Waals surface area contributed by atoms with Gasteiger partial charge in [0.2, 0.25) is 0 Å². The molecule has 2 heteroatoms. The topological polar surface area (TPSA) is 0 Å². The first-order valence-electron chi connectivity index (χ1n) is 4.97.